The van der Waals surface area contributed by atoms with E-state index in [4.69, 9.17) is 5.26 Å². The van der Waals surface area contributed by atoms with Crippen molar-refractivity contribution >= 4 is 27.0 Å². The molecule has 4 heteroatoms. The second kappa shape index (κ2) is 4.26. The highest BCUT2D eigenvalue weighted by atomic mass is 79.9. The van der Waals surface area contributed by atoms with Crippen LogP contribution in [0.15, 0.2) is 22.9 Å². The molecule has 0 spiro atoms. The molecule has 16 heavy (non-hydrogen) atoms. The van der Waals surface area contributed by atoms with Crippen LogP contribution in [0, 0.1) is 17.2 Å². The fourth-order valence-electron chi connectivity index (χ4n) is 1.77. The average Bonchev–Trinajstić information content (AvgIpc) is 2.55. The number of pyridine rings is 1. The zero-order valence-electron chi connectivity index (χ0n) is 9.24. The van der Waals surface area contributed by atoms with Crippen molar-refractivity contribution in [2.45, 2.75) is 20.4 Å². The zero-order valence-corrected chi connectivity index (χ0v) is 10.8. The second-order valence-electron chi connectivity index (χ2n) is 4.23. The van der Waals surface area contributed by atoms with Gasteiger partial charge in [0.15, 0.2) is 0 Å². The molecule has 2 aromatic rings. The zero-order chi connectivity index (χ0) is 11.7. The van der Waals surface area contributed by atoms with Crippen LogP contribution >= 0.6 is 15.9 Å². The van der Waals surface area contributed by atoms with Gasteiger partial charge in [-0.05, 0) is 27.9 Å². The molecule has 2 aromatic heterocycles. The van der Waals surface area contributed by atoms with Gasteiger partial charge in [-0.1, -0.05) is 13.8 Å². The van der Waals surface area contributed by atoms with Crippen LogP contribution in [0.2, 0.25) is 0 Å². The molecule has 0 atom stereocenters. The van der Waals surface area contributed by atoms with Crippen LogP contribution in [0.25, 0.3) is 11.0 Å². The molecule has 0 amide bonds. The number of halogens is 1. The maximum atomic E-state index is 9.07. The van der Waals surface area contributed by atoms with E-state index in [0.717, 1.165) is 22.1 Å². The van der Waals surface area contributed by atoms with E-state index in [1.54, 1.807) is 6.20 Å². The molecule has 2 rings (SSSR count). The summed E-state index contributed by atoms with van der Waals surface area (Å²) < 4.78 is 2.95. The Morgan fingerprint density at radius 2 is 2.31 bits per heavy atom. The van der Waals surface area contributed by atoms with Crippen molar-refractivity contribution in [1.29, 1.82) is 5.26 Å². The van der Waals surface area contributed by atoms with Crippen LogP contribution < -0.4 is 0 Å². The third kappa shape index (κ3) is 1.96. The van der Waals surface area contributed by atoms with Gasteiger partial charge in [0.2, 0.25) is 0 Å². The predicted octanol–water partition coefficient (Wildman–Crippen LogP) is 3.33. The third-order valence-electron chi connectivity index (χ3n) is 2.36. The van der Waals surface area contributed by atoms with Crippen molar-refractivity contribution in [3.05, 3.63) is 28.5 Å². The van der Waals surface area contributed by atoms with E-state index in [0.29, 0.717) is 11.5 Å². The standard InChI is InChI=1S/C12H12BrN3/c1-8(2)6-16-7-9(4-14)11-3-10(13)5-15-12(11)16/h3,5,7-8H,6H2,1-2H3. The summed E-state index contributed by atoms with van der Waals surface area (Å²) in [5.74, 6) is 0.535. The minimum absolute atomic E-state index is 0.535. The Balaban J connectivity index is 2.64. The molecule has 0 aliphatic heterocycles. The maximum absolute atomic E-state index is 9.07. The number of hydrogen-bond donors (Lipinski definition) is 0. The Bertz CT molecular complexity index is 563. The van der Waals surface area contributed by atoms with E-state index in [9.17, 15) is 0 Å². The molecular weight excluding hydrogens is 266 g/mol. The van der Waals surface area contributed by atoms with Crippen molar-refractivity contribution in [3.63, 3.8) is 0 Å². The van der Waals surface area contributed by atoms with Gasteiger partial charge < -0.3 is 4.57 Å². The summed E-state index contributed by atoms with van der Waals surface area (Å²) in [7, 11) is 0. The molecule has 2 heterocycles. The lowest BCUT2D eigenvalue weighted by atomic mass is 10.2. The van der Waals surface area contributed by atoms with Gasteiger partial charge in [-0.3, -0.25) is 0 Å². The van der Waals surface area contributed by atoms with Crippen molar-refractivity contribution in [1.82, 2.24) is 9.55 Å². The van der Waals surface area contributed by atoms with Gasteiger partial charge >= 0.3 is 0 Å². The Labute approximate surface area is 103 Å². The summed E-state index contributed by atoms with van der Waals surface area (Å²) in [5, 5.41) is 9.98. The first kappa shape index (κ1) is 11.2. The first-order chi connectivity index (χ1) is 7.61. The van der Waals surface area contributed by atoms with Crippen molar-refractivity contribution in [2.75, 3.05) is 0 Å². The number of aromatic nitrogens is 2. The lowest BCUT2D eigenvalue weighted by Crippen LogP contribution is -2.03. The van der Waals surface area contributed by atoms with E-state index in [1.165, 1.54) is 0 Å². The highest BCUT2D eigenvalue weighted by molar-refractivity contribution is 9.10. The van der Waals surface area contributed by atoms with Gasteiger partial charge in [0.05, 0.1) is 5.56 Å². The van der Waals surface area contributed by atoms with E-state index < -0.39 is 0 Å². The lowest BCUT2D eigenvalue weighted by molar-refractivity contribution is 0.533. The van der Waals surface area contributed by atoms with Gasteiger partial charge in [0.25, 0.3) is 0 Å². The summed E-state index contributed by atoms with van der Waals surface area (Å²) in [4.78, 5) is 4.37. The maximum Gasteiger partial charge on any atom is 0.141 e. The van der Waals surface area contributed by atoms with Gasteiger partial charge in [-0.15, -0.1) is 0 Å². The average molecular weight is 278 g/mol. The molecular formula is C12H12BrN3. The first-order valence-electron chi connectivity index (χ1n) is 5.16. The first-order valence-corrected chi connectivity index (χ1v) is 5.95. The van der Waals surface area contributed by atoms with Crippen LogP contribution in [0.1, 0.15) is 19.4 Å². The quantitative estimate of drug-likeness (QED) is 0.845. The molecule has 0 aliphatic rings. The van der Waals surface area contributed by atoms with Crippen LogP contribution in [0.5, 0.6) is 0 Å². The van der Waals surface area contributed by atoms with E-state index in [2.05, 4.69) is 40.8 Å². The largest absolute Gasteiger partial charge is 0.331 e. The highest BCUT2D eigenvalue weighted by Crippen LogP contribution is 2.23. The number of rotatable bonds is 2. The molecule has 82 valence electrons. The molecule has 0 aromatic carbocycles. The van der Waals surface area contributed by atoms with Crippen LogP contribution in [0.3, 0.4) is 0 Å². The Morgan fingerprint density at radius 3 is 2.94 bits per heavy atom. The molecule has 0 fully saturated rings. The molecule has 3 nitrogen and oxygen atoms in total. The number of nitrogens with zero attached hydrogens (tertiary/aromatic N) is 3. The smallest absolute Gasteiger partial charge is 0.141 e. The Morgan fingerprint density at radius 1 is 1.56 bits per heavy atom. The second-order valence-corrected chi connectivity index (χ2v) is 5.14. The Hall–Kier alpha value is -1.34. The Kier molecular flexibility index (Phi) is 2.97. The lowest BCUT2D eigenvalue weighted by Gasteiger charge is -2.06. The van der Waals surface area contributed by atoms with E-state index >= 15 is 0 Å². The SMILES string of the molecule is CC(C)Cn1cc(C#N)c2cc(Br)cnc21. The van der Waals surface area contributed by atoms with Gasteiger partial charge in [0.1, 0.15) is 11.7 Å². The third-order valence-corrected chi connectivity index (χ3v) is 2.80. The number of hydrogen-bond acceptors (Lipinski definition) is 2. The number of nitriles is 1. The summed E-state index contributed by atoms with van der Waals surface area (Å²) in [6.07, 6.45) is 3.64. The van der Waals surface area contributed by atoms with Crippen LogP contribution in [0.4, 0.5) is 0 Å². The van der Waals surface area contributed by atoms with E-state index in [-0.39, 0.29) is 0 Å². The van der Waals surface area contributed by atoms with E-state index in [1.807, 2.05) is 16.8 Å². The van der Waals surface area contributed by atoms with Crippen molar-refractivity contribution in [3.8, 4) is 6.07 Å². The molecule has 0 radical (unpaired) electrons. The van der Waals surface area contributed by atoms with Gasteiger partial charge in [0, 0.05) is 28.8 Å². The van der Waals surface area contributed by atoms with Gasteiger partial charge in [-0.25, -0.2) is 4.98 Å². The minimum atomic E-state index is 0.535. The molecule has 0 unspecified atom stereocenters. The van der Waals surface area contributed by atoms with Crippen molar-refractivity contribution < 1.29 is 0 Å². The monoisotopic (exact) mass is 277 g/mol. The topological polar surface area (TPSA) is 41.6 Å². The molecule has 0 bridgehead atoms. The summed E-state index contributed by atoms with van der Waals surface area (Å²) in [6, 6.07) is 4.15. The molecule has 0 N–H and O–H groups in total. The fourth-order valence-corrected chi connectivity index (χ4v) is 2.10. The molecule has 0 saturated heterocycles. The minimum Gasteiger partial charge on any atom is -0.331 e. The number of fused-ring (bicyclic) bond motifs is 1. The van der Waals surface area contributed by atoms with Crippen LogP contribution in [-0.2, 0) is 6.54 Å². The summed E-state index contributed by atoms with van der Waals surface area (Å²) >= 11 is 3.37. The molecule has 0 saturated carbocycles. The van der Waals surface area contributed by atoms with Gasteiger partial charge in [-0.2, -0.15) is 5.26 Å². The normalized spacial score (nSPS) is 10.9. The highest BCUT2D eigenvalue weighted by Gasteiger charge is 2.10. The molecule has 0 aliphatic carbocycles. The summed E-state index contributed by atoms with van der Waals surface area (Å²) in [5.41, 5.74) is 1.57. The van der Waals surface area contributed by atoms with Crippen LogP contribution in [-0.4, -0.2) is 9.55 Å². The fraction of sp³-hybridized carbons (Fsp3) is 0.333. The predicted molar refractivity (Wildman–Crippen MR) is 67.0 cm³/mol. The van der Waals surface area contributed by atoms with Crippen molar-refractivity contribution in [2.24, 2.45) is 5.92 Å². The summed E-state index contributed by atoms with van der Waals surface area (Å²) in [6.45, 7) is 5.18.